The third kappa shape index (κ3) is 6.85. The molecular formula is C27H37N5O3. The summed E-state index contributed by atoms with van der Waals surface area (Å²) in [6, 6.07) is 14.0. The number of aldehydes is 1. The number of nitrogens with one attached hydrogen (secondary N) is 1. The number of carbonyl (C=O) groups excluding carboxylic acids is 1. The van der Waals surface area contributed by atoms with Crippen LogP contribution < -0.4 is 11.1 Å². The molecule has 3 N–H and O–H groups in total. The molecule has 0 spiro atoms. The Morgan fingerprint density at radius 1 is 1.03 bits per heavy atom. The van der Waals surface area contributed by atoms with E-state index >= 15 is 0 Å². The summed E-state index contributed by atoms with van der Waals surface area (Å²) in [6.07, 6.45) is 1.48. The van der Waals surface area contributed by atoms with Crippen LogP contribution in [-0.4, -0.2) is 55.8 Å². The van der Waals surface area contributed by atoms with Crippen LogP contribution in [0.4, 0.5) is 5.82 Å². The molecule has 2 heterocycles. The number of benzene rings is 2. The lowest BCUT2D eigenvalue weighted by Gasteiger charge is -2.12. The molecule has 0 radical (unpaired) electrons. The van der Waals surface area contributed by atoms with Gasteiger partial charge in [-0.25, -0.2) is 9.97 Å². The number of nitrogens with zero attached hydrogens (tertiary/aromatic N) is 3. The molecule has 2 aromatic carbocycles. The molecule has 8 heteroatoms. The highest BCUT2D eigenvalue weighted by Crippen LogP contribution is 2.30. The number of carbonyl (C=O) groups is 1. The Bertz CT molecular complexity index is 1220. The molecule has 0 unspecified atom stereocenters. The number of nitrogens with two attached hydrogens (primary N) is 1. The zero-order valence-electron chi connectivity index (χ0n) is 21.6. The molecule has 8 nitrogen and oxygen atoms in total. The Morgan fingerprint density at radius 2 is 1.69 bits per heavy atom. The Morgan fingerprint density at radius 3 is 2.29 bits per heavy atom. The first-order valence-electron chi connectivity index (χ1n) is 11.7. The zero-order chi connectivity index (χ0) is 25.8. The van der Waals surface area contributed by atoms with Gasteiger partial charge in [-0.3, -0.25) is 4.79 Å². The number of ether oxygens (including phenoxy) is 2. The lowest BCUT2D eigenvalue weighted by atomic mass is 10.1. The van der Waals surface area contributed by atoms with Crippen molar-refractivity contribution in [3.8, 4) is 0 Å². The maximum Gasteiger partial charge on any atom is 0.152 e. The normalized spacial score (nSPS) is 10.5. The standard InChI is InChI=1S/C23H25N5O2.C2H6O.C2H6/c1-25-12-15-3-5-16(6-4-15)13-28-20(9-10-30-2)27-21-22(28)18-8-7-17(14-29)11-19(18)26-23(21)24;1-3-2;1-2/h3-8,11,14,25H,9-10,12-13H2,1-2H3,(H2,24,26);1-2H3;1-2H3. The fraction of sp³-hybridized carbons (Fsp3) is 0.370. The molecule has 0 saturated carbocycles. The van der Waals surface area contributed by atoms with Crippen LogP contribution in [-0.2, 0) is 29.0 Å². The van der Waals surface area contributed by atoms with Crippen molar-refractivity contribution in [2.24, 2.45) is 0 Å². The van der Waals surface area contributed by atoms with Gasteiger partial charge < -0.3 is 25.1 Å². The molecule has 0 aliphatic rings. The topological polar surface area (TPSA) is 104 Å². The minimum atomic E-state index is 0.363. The molecule has 0 aliphatic heterocycles. The highest BCUT2D eigenvalue weighted by atomic mass is 16.5. The number of anilines is 1. The summed E-state index contributed by atoms with van der Waals surface area (Å²) < 4.78 is 11.7. The van der Waals surface area contributed by atoms with Crippen molar-refractivity contribution in [2.75, 3.05) is 40.7 Å². The largest absolute Gasteiger partial charge is 0.388 e. The summed E-state index contributed by atoms with van der Waals surface area (Å²) in [4.78, 5) is 20.5. The van der Waals surface area contributed by atoms with E-state index in [0.717, 1.165) is 29.6 Å². The van der Waals surface area contributed by atoms with Crippen LogP contribution in [0.1, 0.15) is 41.2 Å². The first-order chi connectivity index (χ1) is 17.1. The van der Waals surface area contributed by atoms with Crippen molar-refractivity contribution in [1.29, 1.82) is 0 Å². The van der Waals surface area contributed by atoms with Gasteiger partial charge in [-0.2, -0.15) is 0 Å². The van der Waals surface area contributed by atoms with Gasteiger partial charge in [0.25, 0.3) is 0 Å². The van der Waals surface area contributed by atoms with Gasteiger partial charge >= 0.3 is 0 Å². The Labute approximate surface area is 207 Å². The minimum Gasteiger partial charge on any atom is -0.388 e. The third-order valence-electron chi connectivity index (χ3n) is 5.22. The number of pyridine rings is 1. The Kier molecular flexibility index (Phi) is 11.3. The number of aromatic nitrogens is 3. The monoisotopic (exact) mass is 479 g/mol. The first-order valence-corrected chi connectivity index (χ1v) is 11.7. The van der Waals surface area contributed by atoms with E-state index in [1.54, 1.807) is 33.5 Å². The van der Waals surface area contributed by atoms with Gasteiger partial charge in [0.1, 0.15) is 17.6 Å². The van der Waals surface area contributed by atoms with E-state index in [4.69, 9.17) is 15.5 Å². The predicted molar refractivity (Wildman–Crippen MR) is 143 cm³/mol. The SMILES string of the molecule is CC.CNCc1ccc(Cn2c(CCOC)nc3c(N)nc4cc(C=O)ccc4c32)cc1.COC. The maximum absolute atomic E-state index is 11.2. The van der Waals surface area contributed by atoms with Gasteiger partial charge in [-0.05, 0) is 30.3 Å². The second-order valence-corrected chi connectivity index (χ2v) is 7.70. The van der Waals surface area contributed by atoms with E-state index in [2.05, 4.69) is 43.9 Å². The summed E-state index contributed by atoms with van der Waals surface area (Å²) >= 11 is 0. The molecule has 35 heavy (non-hydrogen) atoms. The summed E-state index contributed by atoms with van der Waals surface area (Å²) in [7, 11) is 6.87. The number of methoxy groups -OCH3 is 2. The van der Waals surface area contributed by atoms with Crippen molar-refractivity contribution in [2.45, 2.75) is 33.4 Å². The second kappa shape index (κ2) is 14.2. The van der Waals surface area contributed by atoms with Crippen molar-refractivity contribution in [3.05, 3.63) is 65.0 Å². The first kappa shape index (κ1) is 27.9. The summed E-state index contributed by atoms with van der Waals surface area (Å²) in [6.45, 7) is 6.05. The van der Waals surface area contributed by atoms with Crippen LogP contribution in [0.5, 0.6) is 0 Å². The van der Waals surface area contributed by atoms with Crippen LogP contribution in [0.2, 0.25) is 0 Å². The quantitative estimate of drug-likeness (QED) is 0.365. The molecule has 0 saturated heterocycles. The van der Waals surface area contributed by atoms with E-state index in [1.807, 2.05) is 27.0 Å². The Balaban J connectivity index is 0.000000803. The second-order valence-electron chi connectivity index (χ2n) is 7.70. The molecule has 0 bridgehead atoms. The van der Waals surface area contributed by atoms with Gasteiger partial charge in [0.15, 0.2) is 5.82 Å². The minimum absolute atomic E-state index is 0.363. The Hall–Kier alpha value is -3.33. The van der Waals surface area contributed by atoms with Crippen LogP contribution in [0.25, 0.3) is 21.9 Å². The third-order valence-corrected chi connectivity index (χ3v) is 5.22. The zero-order valence-corrected chi connectivity index (χ0v) is 21.6. The van der Waals surface area contributed by atoms with Crippen LogP contribution in [0.3, 0.4) is 0 Å². The summed E-state index contributed by atoms with van der Waals surface area (Å²) in [5.74, 6) is 1.26. The molecular weight excluding hydrogens is 442 g/mol. The van der Waals surface area contributed by atoms with Crippen molar-refractivity contribution in [3.63, 3.8) is 0 Å². The lowest BCUT2D eigenvalue weighted by molar-refractivity contribution is 0.112. The fourth-order valence-corrected chi connectivity index (χ4v) is 3.75. The molecule has 0 fully saturated rings. The number of nitrogen functional groups attached to an aromatic ring is 1. The van der Waals surface area contributed by atoms with Crippen molar-refractivity contribution in [1.82, 2.24) is 19.9 Å². The average Bonchev–Trinajstić information content (AvgIpc) is 3.24. The van der Waals surface area contributed by atoms with Gasteiger partial charge in [0.05, 0.1) is 17.6 Å². The highest BCUT2D eigenvalue weighted by molar-refractivity contribution is 6.07. The molecule has 2 aromatic heterocycles. The van der Waals surface area contributed by atoms with Gasteiger partial charge in [0.2, 0.25) is 0 Å². The molecule has 188 valence electrons. The molecule has 0 atom stereocenters. The van der Waals surface area contributed by atoms with E-state index < -0.39 is 0 Å². The van der Waals surface area contributed by atoms with E-state index in [0.29, 0.717) is 42.0 Å². The van der Waals surface area contributed by atoms with Gasteiger partial charge in [-0.1, -0.05) is 44.2 Å². The van der Waals surface area contributed by atoms with E-state index in [1.165, 1.54) is 11.1 Å². The summed E-state index contributed by atoms with van der Waals surface area (Å²) in [5, 5.41) is 4.09. The highest BCUT2D eigenvalue weighted by Gasteiger charge is 2.18. The average molecular weight is 480 g/mol. The number of rotatable bonds is 8. The molecule has 0 amide bonds. The van der Waals surface area contributed by atoms with Crippen molar-refractivity contribution < 1.29 is 14.3 Å². The van der Waals surface area contributed by atoms with Crippen molar-refractivity contribution >= 4 is 34.0 Å². The smallest absolute Gasteiger partial charge is 0.152 e. The van der Waals surface area contributed by atoms with E-state index in [9.17, 15) is 4.79 Å². The molecule has 4 aromatic rings. The number of hydrogen-bond donors (Lipinski definition) is 2. The lowest BCUT2D eigenvalue weighted by Crippen LogP contribution is -2.09. The maximum atomic E-state index is 11.2. The van der Waals surface area contributed by atoms with Crippen LogP contribution in [0.15, 0.2) is 42.5 Å². The molecule has 0 aliphatic carbocycles. The number of hydrogen-bond acceptors (Lipinski definition) is 7. The molecule has 4 rings (SSSR count). The number of imidazole rings is 1. The predicted octanol–water partition coefficient (Wildman–Crippen LogP) is 4.22. The summed E-state index contributed by atoms with van der Waals surface area (Å²) in [5.41, 5.74) is 11.5. The van der Waals surface area contributed by atoms with Gasteiger partial charge in [-0.15, -0.1) is 0 Å². The van der Waals surface area contributed by atoms with Crippen LogP contribution >= 0.6 is 0 Å². The van der Waals surface area contributed by atoms with Crippen LogP contribution in [0, 0.1) is 0 Å². The van der Waals surface area contributed by atoms with E-state index in [-0.39, 0.29) is 0 Å². The van der Waals surface area contributed by atoms with Gasteiger partial charge in [0, 0.05) is 51.8 Å². The number of fused-ring (bicyclic) bond motifs is 3. The fourth-order valence-electron chi connectivity index (χ4n) is 3.75.